The Balaban J connectivity index is 1.57. The molecule has 2 aromatic rings. The topological polar surface area (TPSA) is 95.9 Å². The van der Waals surface area contributed by atoms with Crippen LogP contribution in [0, 0.1) is 0 Å². The van der Waals surface area contributed by atoms with Gasteiger partial charge in [0.1, 0.15) is 6.54 Å². The van der Waals surface area contributed by atoms with Crippen LogP contribution in [0.5, 0.6) is 11.5 Å². The largest absolute Gasteiger partial charge is 0.493 e. The number of carbonyl (C=O) groups is 2. The van der Waals surface area contributed by atoms with Crippen molar-refractivity contribution in [1.29, 1.82) is 0 Å². The van der Waals surface area contributed by atoms with E-state index < -0.39 is 0 Å². The van der Waals surface area contributed by atoms with Gasteiger partial charge in [-0.25, -0.2) is 9.80 Å². The lowest BCUT2D eigenvalue weighted by Gasteiger charge is -2.31. The van der Waals surface area contributed by atoms with E-state index in [1.54, 1.807) is 30.5 Å². The molecule has 0 unspecified atom stereocenters. The molecule has 2 aliphatic rings. The Kier molecular flexibility index (Phi) is 9.59. The average Bonchev–Trinajstić information content (AvgIpc) is 3.61. The number of thiophene rings is 1. The molecule has 1 atom stereocenters. The summed E-state index contributed by atoms with van der Waals surface area (Å²) in [6.07, 6.45) is 0.563. The molecule has 3 amide bonds. The summed E-state index contributed by atoms with van der Waals surface area (Å²) in [5.41, 5.74) is 1.73. The summed E-state index contributed by atoms with van der Waals surface area (Å²) < 4.78 is 16.4. The third kappa shape index (κ3) is 6.83. The summed E-state index contributed by atoms with van der Waals surface area (Å²) in [6, 6.07) is 9.01. The molecule has 0 radical (unpaired) electrons. The van der Waals surface area contributed by atoms with Crippen LogP contribution in [0.3, 0.4) is 0 Å². The molecule has 2 aliphatic heterocycles. The van der Waals surface area contributed by atoms with Crippen molar-refractivity contribution in [3.8, 4) is 11.5 Å². The highest BCUT2D eigenvalue weighted by atomic mass is 32.1. The molecule has 38 heavy (non-hydrogen) atoms. The van der Waals surface area contributed by atoms with Gasteiger partial charge in [0.25, 0.3) is 5.91 Å². The lowest BCUT2D eigenvalue weighted by Crippen LogP contribution is -2.50. The van der Waals surface area contributed by atoms with Crippen molar-refractivity contribution >= 4 is 29.0 Å². The van der Waals surface area contributed by atoms with Crippen LogP contribution in [-0.4, -0.2) is 98.7 Å². The van der Waals surface area contributed by atoms with Crippen molar-refractivity contribution in [2.75, 3.05) is 60.2 Å². The van der Waals surface area contributed by atoms with Crippen molar-refractivity contribution in [2.45, 2.75) is 32.4 Å². The predicted molar refractivity (Wildman–Crippen MR) is 147 cm³/mol. The van der Waals surface area contributed by atoms with Crippen LogP contribution in [0.2, 0.25) is 0 Å². The van der Waals surface area contributed by atoms with E-state index in [9.17, 15) is 9.59 Å². The van der Waals surface area contributed by atoms with Gasteiger partial charge >= 0.3 is 6.03 Å². The fourth-order valence-corrected chi connectivity index (χ4v) is 5.29. The van der Waals surface area contributed by atoms with Crippen LogP contribution in [0.25, 0.3) is 0 Å². The molecule has 1 N–H and O–H groups in total. The smallest absolute Gasteiger partial charge is 0.318 e. The van der Waals surface area contributed by atoms with Crippen molar-refractivity contribution in [2.24, 2.45) is 5.10 Å². The van der Waals surface area contributed by atoms with Gasteiger partial charge in [-0.2, -0.15) is 5.10 Å². The van der Waals surface area contributed by atoms with Gasteiger partial charge in [0, 0.05) is 38.6 Å². The molecular weight excluding hydrogens is 506 g/mol. The number of hydrazone groups is 1. The minimum absolute atomic E-state index is 0.0433. The fraction of sp³-hybridized carbons (Fsp3) is 0.519. The van der Waals surface area contributed by atoms with Crippen LogP contribution in [0.4, 0.5) is 4.79 Å². The maximum Gasteiger partial charge on any atom is 0.318 e. The summed E-state index contributed by atoms with van der Waals surface area (Å²) in [6.45, 7) is 7.83. The molecule has 1 fully saturated rings. The Hall–Kier alpha value is -3.15. The van der Waals surface area contributed by atoms with E-state index in [0.29, 0.717) is 44.2 Å². The zero-order valence-corrected chi connectivity index (χ0v) is 23.3. The fourth-order valence-electron chi connectivity index (χ4n) is 4.56. The maximum atomic E-state index is 13.8. The van der Waals surface area contributed by atoms with Crippen LogP contribution in [0.1, 0.15) is 36.8 Å². The van der Waals surface area contributed by atoms with E-state index in [1.807, 2.05) is 49.6 Å². The second-order valence-corrected chi connectivity index (χ2v) is 10.5. The molecule has 4 rings (SSSR count). The monoisotopic (exact) mass is 543 g/mol. The quantitative estimate of drug-likeness (QED) is 0.495. The zero-order valence-electron chi connectivity index (χ0n) is 22.5. The van der Waals surface area contributed by atoms with E-state index in [0.717, 1.165) is 29.2 Å². The Morgan fingerprint density at radius 2 is 1.95 bits per heavy atom. The van der Waals surface area contributed by atoms with Gasteiger partial charge in [-0.3, -0.25) is 9.69 Å². The molecule has 10 nitrogen and oxygen atoms in total. The molecule has 3 heterocycles. The minimum Gasteiger partial charge on any atom is -0.493 e. The van der Waals surface area contributed by atoms with Gasteiger partial charge in [0.05, 0.1) is 44.1 Å². The van der Waals surface area contributed by atoms with Gasteiger partial charge in [0.15, 0.2) is 11.5 Å². The normalized spacial score (nSPS) is 17.9. The summed E-state index contributed by atoms with van der Waals surface area (Å²) in [7, 11) is 3.18. The van der Waals surface area contributed by atoms with Gasteiger partial charge in [0.2, 0.25) is 0 Å². The van der Waals surface area contributed by atoms with Crippen molar-refractivity contribution in [1.82, 2.24) is 20.1 Å². The first-order valence-electron chi connectivity index (χ1n) is 12.9. The van der Waals surface area contributed by atoms with Crippen LogP contribution in [-0.2, 0) is 9.53 Å². The van der Waals surface area contributed by atoms with E-state index >= 15 is 0 Å². The first-order chi connectivity index (χ1) is 18.4. The van der Waals surface area contributed by atoms with Crippen LogP contribution in [0.15, 0.2) is 40.8 Å². The molecule has 11 heteroatoms. The summed E-state index contributed by atoms with van der Waals surface area (Å²) in [4.78, 5) is 31.7. The van der Waals surface area contributed by atoms with E-state index in [1.165, 1.54) is 5.01 Å². The molecule has 1 saturated heterocycles. The predicted octanol–water partition coefficient (Wildman–Crippen LogP) is 3.20. The summed E-state index contributed by atoms with van der Waals surface area (Å²) >= 11 is 1.59. The Morgan fingerprint density at radius 3 is 2.61 bits per heavy atom. The number of carbonyl (C=O) groups excluding carboxylic acids is 2. The Bertz CT molecular complexity index is 1120. The highest BCUT2D eigenvalue weighted by Gasteiger charge is 2.35. The second-order valence-electron chi connectivity index (χ2n) is 9.58. The lowest BCUT2D eigenvalue weighted by atomic mass is 10.0. The third-order valence-corrected chi connectivity index (χ3v) is 7.50. The zero-order chi connectivity index (χ0) is 27.1. The van der Waals surface area contributed by atoms with Gasteiger partial charge in [-0.05, 0) is 43.0 Å². The van der Waals surface area contributed by atoms with Crippen molar-refractivity contribution in [3.05, 3.63) is 46.2 Å². The molecule has 0 saturated carbocycles. The molecule has 0 bridgehead atoms. The number of nitrogens with zero attached hydrogens (tertiary/aromatic N) is 4. The van der Waals surface area contributed by atoms with E-state index in [2.05, 4.69) is 10.2 Å². The number of rotatable bonds is 10. The van der Waals surface area contributed by atoms with Crippen molar-refractivity contribution in [3.63, 3.8) is 0 Å². The summed E-state index contributed by atoms with van der Waals surface area (Å²) in [5, 5.41) is 11.2. The third-order valence-electron chi connectivity index (χ3n) is 6.58. The molecule has 0 spiro atoms. The lowest BCUT2D eigenvalue weighted by molar-refractivity contribution is -0.133. The Morgan fingerprint density at radius 1 is 1.18 bits per heavy atom. The summed E-state index contributed by atoms with van der Waals surface area (Å²) in [5.74, 6) is 0.966. The first-order valence-corrected chi connectivity index (χ1v) is 13.8. The number of hydrogen-bond donors (Lipinski definition) is 1. The molecular formula is C27H37N5O5S. The Labute approximate surface area is 228 Å². The van der Waals surface area contributed by atoms with Gasteiger partial charge in [-0.1, -0.05) is 12.1 Å². The van der Waals surface area contributed by atoms with Gasteiger partial charge < -0.3 is 24.4 Å². The number of ether oxygens (including phenoxy) is 3. The number of methoxy groups -OCH3 is 2. The minimum atomic E-state index is -0.325. The SMILES string of the molecule is COc1ccc([C@H]2CC(c3cccs3)=NN2C(=O)CN(CCN2CCOCC2)C(=O)NC(C)C)cc1OC. The maximum absolute atomic E-state index is 13.8. The molecule has 206 valence electrons. The molecule has 0 aliphatic carbocycles. The van der Waals surface area contributed by atoms with E-state index in [4.69, 9.17) is 19.3 Å². The highest BCUT2D eigenvalue weighted by Crippen LogP contribution is 2.38. The van der Waals surface area contributed by atoms with Crippen LogP contribution >= 0.6 is 11.3 Å². The van der Waals surface area contributed by atoms with Crippen LogP contribution < -0.4 is 14.8 Å². The number of morpholine rings is 1. The number of hydrogen-bond acceptors (Lipinski definition) is 8. The highest BCUT2D eigenvalue weighted by molar-refractivity contribution is 7.12. The number of benzene rings is 1. The standard InChI is InChI=1S/C27H37N5O5S/c1-19(2)28-27(34)31(10-9-30-11-13-37-14-12-30)18-26(33)32-22(17-21(29-32)25-6-5-15-38-25)20-7-8-23(35-3)24(16-20)36-4/h5-8,15-16,19,22H,9-14,17-18H2,1-4H3,(H,28,34)/t22-/m1/s1. The molecule has 1 aromatic heterocycles. The van der Waals surface area contributed by atoms with Gasteiger partial charge in [-0.15, -0.1) is 11.3 Å². The number of urea groups is 1. The average molecular weight is 544 g/mol. The first kappa shape index (κ1) is 27.9. The molecule has 1 aromatic carbocycles. The van der Waals surface area contributed by atoms with Crippen molar-refractivity contribution < 1.29 is 23.8 Å². The number of amides is 3. The number of nitrogens with one attached hydrogen (secondary N) is 1. The van der Waals surface area contributed by atoms with E-state index in [-0.39, 0.29) is 30.6 Å². The second kappa shape index (κ2) is 13.1.